The van der Waals surface area contributed by atoms with Crippen molar-refractivity contribution in [2.24, 2.45) is 5.92 Å². The number of nitrogens with zero attached hydrogens (tertiary/aromatic N) is 1. The molecular weight excluding hydrogens is 210 g/mol. The third-order valence-electron chi connectivity index (χ3n) is 2.68. The van der Waals surface area contributed by atoms with E-state index in [1.165, 1.54) is 4.90 Å². The number of likely N-dealkylation sites (tertiary alicyclic amines) is 1. The lowest BCUT2D eigenvalue weighted by atomic mass is 9.93. The van der Waals surface area contributed by atoms with Crippen LogP contribution in [-0.4, -0.2) is 52.1 Å². The molecule has 0 radical (unpaired) electrons. The summed E-state index contributed by atoms with van der Waals surface area (Å²) >= 11 is 0. The lowest BCUT2D eigenvalue weighted by molar-refractivity contribution is -0.0605. The zero-order valence-electron chi connectivity index (χ0n) is 10.3. The monoisotopic (exact) mass is 231 g/mol. The Hall–Kier alpha value is -0.810. The van der Waals surface area contributed by atoms with E-state index >= 15 is 0 Å². The highest BCUT2D eigenvalue weighted by Crippen LogP contribution is 2.20. The molecule has 94 valence electrons. The normalized spacial score (nSPS) is 31.4. The lowest BCUT2D eigenvalue weighted by Crippen LogP contribution is -2.54. The standard InChI is InChI=1S/C11H21NO4/c1-7-8(13)5-12(6-9(7)14)10(15)16-11(2,3)4/h7-9,13-14H,5-6H2,1-4H3/t7?,8-,9+. The van der Waals surface area contributed by atoms with Crippen molar-refractivity contribution in [3.05, 3.63) is 0 Å². The van der Waals surface area contributed by atoms with Crippen molar-refractivity contribution in [2.45, 2.75) is 45.5 Å². The summed E-state index contributed by atoms with van der Waals surface area (Å²) in [6.07, 6.45) is -1.88. The van der Waals surface area contributed by atoms with E-state index in [1.54, 1.807) is 27.7 Å². The van der Waals surface area contributed by atoms with Gasteiger partial charge in [0.05, 0.1) is 25.3 Å². The van der Waals surface area contributed by atoms with Crippen LogP contribution in [0.25, 0.3) is 0 Å². The van der Waals surface area contributed by atoms with Gasteiger partial charge in [-0.3, -0.25) is 0 Å². The molecule has 1 aliphatic heterocycles. The van der Waals surface area contributed by atoms with Crippen molar-refractivity contribution in [2.75, 3.05) is 13.1 Å². The molecule has 1 amide bonds. The van der Waals surface area contributed by atoms with Crippen molar-refractivity contribution in [1.82, 2.24) is 4.90 Å². The topological polar surface area (TPSA) is 70.0 Å². The molecule has 1 heterocycles. The number of β-amino-alcohol motifs (C(OH)–C–C–N with tert-alkyl or cyclic N) is 2. The van der Waals surface area contributed by atoms with E-state index in [0.717, 1.165) is 0 Å². The Balaban J connectivity index is 2.58. The fourth-order valence-corrected chi connectivity index (χ4v) is 1.59. The van der Waals surface area contributed by atoms with Crippen LogP contribution in [-0.2, 0) is 4.74 Å². The van der Waals surface area contributed by atoms with E-state index in [2.05, 4.69) is 0 Å². The van der Waals surface area contributed by atoms with Gasteiger partial charge in [-0.05, 0) is 20.8 Å². The molecule has 1 saturated heterocycles. The molecule has 3 atom stereocenters. The number of hydrogen-bond acceptors (Lipinski definition) is 4. The average Bonchev–Trinajstić information content (AvgIpc) is 2.10. The van der Waals surface area contributed by atoms with Gasteiger partial charge >= 0.3 is 6.09 Å². The Labute approximate surface area is 96.0 Å². The first-order valence-corrected chi connectivity index (χ1v) is 5.55. The first-order valence-electron chi connectivity index (χ1n) is 5.55. The highest BCUT2D eigenvalue weighted by molar-refractivity contribution is 5.68. The van der Waals surface area contributed by atoms with Crippen LogP contribution in [0.3, 0.4) is 0 Å². The van der Waals surface area contributed by atoms with Crippen molar-refractivity contribution in [1.29, 1.82) is 0 Å². The fraction of sp³-hybridized carbons (Fsp3) is 0.909. The molecule has 5 nitrogen and oxygen atoms in total. The highest BCUT2D eigenvalue weighted by atomic mass is 16.6. The van der Waals surface area contributed by atoms with Crippen LogP contribution in [0.5, 0.6) is 0 Å². The van der Waals surface area contributed by atoms with Gasteiger partial charge in [0.15, 0.2) is 0 Å². The molecular formula is C11H21NO4. The minimum Gasteiger partial charge on any atom is -0.444 e. The van der Waals surface area contributed by atoms with Gasteiger partial charge in [0.2, 0.25) is 0 Å². The van der Waals surface area contributed by atoms with E-state index in [9.17, 15) is 15.0 Å². The van der Waals surface area contributed by atoms with Gasteiger partial charge in [0.1, 0.15) is 5.60 Å². The van der Waals surface area contributed by atoms with Crippen molar-refractivity contribution >= 4 is 6.09 Å². The Kier molecular flexibility index (Phi) is 3.80. The summed E-state index contributed by atoms with van der Waals surface area (Å²) in [5.74, 6) is -0.210. The van der Waals surface area contributed by atoms with E-state index in [1.807, 2.05) is 0 Å². The van der Waals surface area contributed by atoms with Crippen LogP contribution in [0.4, 0.5) is 4.79 Å². The Morgan fingerprint density at radius 2 is 1.69 bits per heavy atom. The summed E-state index contributed by atoms with van der Waals surface area (Å²) in [5, 5.41) is 19.3. The molecule has 0 saturated carbocycles. The maximum atomic E-state index is 11.7. The average molecular weight is 231 g/mol. The quantitative estimate of drug-likeness (QED) is 0.640. The van der Waals surface area contributed by atoms with Crippen LogP contribution >= 0.6 is 0 Å². The zero-order valence-corrected chi connectivity index (χ0v) is 10.3. The number of amides is 1. The first-order chi connectivity index (χ1) is 7.20. The molecule has 0 aliphatic carbocycles. The predicted molar refractivity (Wildman–Crippen MR) is 59.0 cm³/mol. The minimum atomic E-state index is -0.698. The molecule has 1 rings (SSSR count). The van der Waals surface area contributed by atoms with Gasteiger partial charge in [-0.15, -0.1) is 0 Å². The fourth-order valence-electron chi connectivity index (χ4n) is 1.59. The maximum absolute atomic E-state index is 11.7. The van der Waals surface area contributed by atoms with Gasteiger partial charge in [-0.2, -0.15) is 0 Å². The molecule has 1 fully saturated rings. The van der Waals surface area contributed by atoms with Crippen LogP contribution in [0.1, 0.15) is 27.7 Å². The summed E-state index contributed by atoms with van der Waals surface area (Å²) in [5.41, 5.74) is -0.559. The van der Waals surface area contributed by atoms with Crippen molar-refractivity contribution in [3.8, 4) is 0 Å². The highest BCUT2D eigenvalue weighted by Gasteiger charge is 2.35. The number of rotatable bonds is 0. The zero-order chi connectivity index (χ0) is 12.5. The Bertz CT molecular complexity index is 249. The predicted octanol–water partition coefficient (Wildman–Crippen LogP) is 0.595. The molecule has 1 aliphatic rings. The van der Waals surface area contributed by atoms with Crippen molar-refractivity contribution in [3.63, 3.8) is 0 Å². The van der Waals surface area contributed by atoms with Gasteiger partial charge in [-0.25, -0.2) is 4.79 Å². The molecule has 5 heteroatoms. The Morgan fingerprint density at radius 1 is 1.25 bits per heavy atom. The second-order valence-corrected chi connectivity index (χ2v) is 5.38. The van der Waals surface area contributed by atoms with Crippen LogP contribution in [0, 0.1) is 5.92 Å². The van der Waals surface area contributed by atoms with E-state index in [-0.39, 0.29) is 19.0 Å². The smallest absolute Gasteiger partial charge is 0.410 e. The van der Waals surface area contributed by atoms with Crippen LogP contribution < -0.4 is 0 Å². The number of carbonyl (C=O) groups excluding carboxylic acids is 1. The summed E-state index contributed by atoms with van der Waals surface area (Å²) in [6.45, 7) is 7.54. The third-order valence-corrected chi connectivity index (χ3v) is 2.68. The number of hydrogen-bond donors (Lipinski definition) is 2. The molecule has 0 aromatic rings. The molecule has 0 aromatic carbocycles. The summed E-state index contributed by atoms with van der Waals surface area (Å²) in [7, 11) is 0. The summed E-state index contributed by atoms with van der Waals surface area (Å²) in [6, 6.07) is 0. The van der Waals surface area contributed by atoms with E-state index in [0.29, 0.717) is 0 Å². The number of carbonyl (C=O) groups is 1. The molecule has 1 unspecified atom stereocenters. The second kappa shape index (κ2) is 4.59. The largest absolute Gasteiger partial charge is 0.444 e. The minimum absolute atomic E-state index is 0.210. The van der Waals surface area contributed by atoms with Gasteiger partial charge in [0.25, 0.3) is 0 Å². The molecule has 0 spiro atoms. The number of piperidine rings is 1. The number of aliphatic hydroxyl groups excluding tert-OH is 2. The van der Waals surface area contributed by atoms with Crippen molar-refractivity contribution < 1.29 is 19.7 Å². The van der Waals surface area contributed by atoms with Crippen LogP contribution in [0.15, 0.2) is 0 Å². The SMILES string of the molecule is CC1[C@H](O)CN(C(=O)OC(C)(C)C)C[C@@H]1O. The maximum Gasteiger partial charge on any atom is 0.410 e. The Morgan fingerprint density at radius 3 is 2.06 bits per heavy atom. The molecule has 2 N–H and O–H groups in total. The lowest BCUT2D eigenvalue weighted by Gasteiger charge is -2.38. The van der Waals surface area contributed by atoms with E-state index in [4.69, 9.17) is 4.74 Å². The van der Waals surface area contributed by atoms with Gasteiger partial charge in [0, 0.05) is 5.92 Å². The molecule has 0 bridgehead atoms. The summed E-state index contributed by atoms with van der Waals surface area (Å²) < 4.78 is 5.17. The molecule has 16 heavy (non-hydrogen) atoms. The number of aliphatic hydroxyl groups is 2. The third kappa shape index (κ3) is 3.35. The molecule has 0 aromatic heterocycles. The second-order valence-electron chi connectivity index (χ2n) is 5.38. The number of ether oxygens (including phenoxy) is 1. The van der Waals surface area contributed by atoms with Crippen LogP contribution in [0.2, 0.25) is 0 Å². The van der Waals surface area contributed by atoms with E-state index < -0.39 is 23.9 Å². The van der Waals surface area contributed by atoms with Gasteiger partial charge in [-0.1, -0.05) is 6.92 Å². The van der Waals surface area contributed by atoms with Gasteiger partial charge < -0.3 is 19.8 Å². The first kappa shape index (κ1) is 13.3. The summed E-state index contributed by atoms with van der Waals surface area (Å²) in [4.78, 5) is 13.0.